The van der Waals surface area contributed by atoms with Gasteiger partial charge in [0, 0.05) is 23.0 Å². The second kappa shape index (κ2) is 8.83. The number of thiophene rings is 1. The average molecular weight is 419 g/mol. The van der Waals surface area contributed by atoms with E-state index in [1.54, 1.807) is 22.6 Å². The lowest BCUT2D eigenvalue weighted by atomic mass is 9.92. The lowest BCUT2D eigenvalue weighted by molar-refractivity contribution is 0.0979. The highest BCUT2D eigenvalue weighted by Crippen LogP contribution is 2.39. The predicted molar refractivity (Wildman–Crippen MR) is 114 cm³/mol. The third-order valence-electron chi connectivity index (χ3n) is 5.93. The Morgan fingerprint density at radius 1 is 1.28 bits per heavy atom. The normalized spacial score (nSPS) is 22.0. The van der Waals surface area contributed by atoms with Crippen molar-refractivity contribution in [3.8, 4) is 5.88 Å². The van der Waals surface area contributed by atoms with Gasteiger partial charge in [-0.15, -0.1) is 11.3 Å². The number of carbonyl (C=O) groups excluding carboxylic acids is 1. The molecule has 7 nitrogen and oxygen atoms in total. The molecule has 0 radical (unpaired) electrons. The highest BCUT2D eigenvalue weighted by molar-refractivity contribution is 7.18. The van der Waals surface area contributed by atoms with Gasteiger partial charge in [-0.05, 0) is 52.6 Å². The molecular weight excluding hydrogens is 388 g/mol. The summed E-state index contributed by atoms with van der Waals surface area (Å²) in [5.74, 6) is 0.671. The van der Waals surface area contributed by atoms with Gasteiger partial charge in [0.15, 0.2) is 0 Å². The summed E-state index contributed by atoms with van der Waals surface area (Å²) in [5.41, 5.74) is 1.13. The molecule has 29 heavy (non-hydrogen) atoms. The Morgan fingerprint density at radius 3 is 2.79 bits per heavy atom. The Hall–Kier alpha value is -1.93. The maximum Gasteiger partial charge on any atom is 0.410 e. The molecule has 8 heteroatoms. The summed E-state index contributed by atoms with van der Waals surface area (Å²) in [6.45, 7) is 3.68. The number of hydrogen-bond donors (Lipinski definition) is 0. The monoisotopic (exact) mass is 418 g/mol. The van der Waals surface area contributed by atoms with E-state index in [-0.39, 0.29) is 12.2 Å². The number of amides is 1. The molecule has 0 unspecified atom stereocenters. The molecule has 0 saturated heterocycles. The van der Waals surface area contributed by atoms with Crippen LogP contribution in [0.4, 0.5) is 4.79 Å². The van der Waals surface area contributed by atoms with Crippen LogP contribution in [0.25, 0.3) is 10.2 Å². The van der Waals surface area contributed by atoms with Crippen molar-refractivity contribution in [2.75, 3.05) is 27.2 Å². The second-order valence-electron chi connectivity index (χ2n) is 8.16. The first kappa shape index (κ1) is 20.3. The number of carbonyl (C=O) groups is 1. The zero-order valence-electron chi connectivity index (χ0n) is 17.5. The summed E-state index contributed by atoms with van der Waals surface area (Å²) in [6.07, 6.45) is 7.56. The van der Waals surface area contributed by atoms with Crippen molar-refractivity contribution in [2.24, 2.45) is 0 Å². The third kappa shape index (κ3) is 4.33. The molecule has 1 saturated carbocycles. The van der Waals surface area contributed by atoms with Crippen LogP contribution in [-0.4, -0.2) is 65.3 Å². The topological polar surface area (TPSA) is 67.8 Å². The Balaban J connectivity index is 1.53. The van der Waals surface area contributed by atoms with Crippen LogP contribution in [0.5, 0.6) is 5.88 Å². The number of fused-ring (bicyclic) bond motifs is 3. The number of nitrogens with zero attached hydrogens (tertiary/aromatic N) is 4. The molecule has 2 aliphatic rings. The van der Waals surface area contributed by atoms with E-state index < -0.39 is 0 Å². The van der Waals surface area contributed by atoms with E-state index in [0.29, 0.717) is 31.6 Å². The van der Waals surface area contributed by atoms with Crippen LogP contribution >= 0.6 is 11.3 Å². The predicted octanol–water partition coefficient (Wildman–Crippen LogP) is 3.85. The molecule has 158 valence electrons. The first-order valence-electron chi connectivity index (χ1n) is 10.6. The second-order valence-corrected chi connectivity index (χ2v) is 9.24. The number of ether oxygens (including phenoxy) is 2. The van der Waals surface area contributed by atoms with E-state index in [1.165, 1.54) is 4.88 Å². The van der Waals surface area contributed by atoms with Gasteiger partial charge in [-0.1, -0.05) is 6.92 Å². The van der Waals surface area contributed by atoms with Gasteiger partial charge >= 0.3 is 6.09 Å². The minimum atomic E-state index is -0.238. The van der Waals surface area contributed by atoms with Gasteiger partial charge in [-0.3, -0.25) is 0 Å². The highest BCUT2D eigenvalue weighted by atomic mass is 32.1. The van der Waals surface area contributed by atoms with E-state index in [9.17, 15) is 4.79 Å². The van der Waals surface area contributed by atoms with Crippen molar-refractivity contribution in [3.05, 3.63) is 16.8 Å². The quantitative estimate of drug-likeness (QED) is 0.735. The Bertz CT molecular complexity index is 861. The third-order valence-corrected chi connectivity index (χ3v) is 7.13. The fourth-order valence-electron chi connectivity index (χ4n) is 4.25. The summed E-state index contributed by atoms with van der Waals surface area (Å²) >= 11 is 1.70. The number of hydrogen-bond acceptors (Lipinski definition) is 7. The van der Waals surface area contributed by atoms with Gasteiger partial charge in [0.05, 0.1) is 18.5 Å². The van der Waals surface area contributed by atoms with Gasteiger partial charge in [0.2, 0.25) is 5.88 Å². The Labute approximate surface area is 176 Å². The molecule has 0 N–H and O–H groups in total. The lowest BCUT2D eigenvalue weighted by Crippen LogP contribution is -2.36. The molecule has 1 amide bonds. The number of rotatable bonds is 5. The Kier molecular flexibility index (Phi) is 6.20. The summed E-state index contributed by atoms with van der Waals surface area (Å²) in [5, 5.41) is 0.982. The van der Waals surface area contributed by atoms with Crippen LogP contribution in [0.2, 0.25) is 0 Å². The molecule has 1 aliphatic carbocycles. The van der Waals surface area contributed by atoms with Gasteiger partial charge < -0.3 is 19.3 Å². The van der Waals surface area contributed by atoms with Crippen molar-refractivity contribution in [2.45, 2.75) is 64.1 Å². The molecule has 3 heterocycles. The molecule has 1 aliphatic heterocycles. The lowest BCUT2D eigenvalue weighted by Gasteiger charge is -2.32. The van der Waals surface area contributed by atoms with Crippen molar-refractivity contribution < 1.29 is 14.3 Å². The molecule has 0 spiro atoms. The van der Waals surface area contributed by atoms with E-state index in [4.69, 9.17) is 9.47 Å². The maximum atomic E-state index is 12.4. The van der Waals surface area contributed by atoms with Crippen molar-refractivity contribution >= 4 is 27.6 Å². The zero-order valence-corrected chi connectivity index (χ0v) is 18.3. The minimum Gasteiger partial charge on any atom is -0.474 e. The highest BCUT2D eigenvalue weighted by Gasteiger charge is 2.29. The van der Waals surface area contributed by atoms with Crippen molar-refractivity contribution in [3.63, 3.8) is 0 Å². The van der Waals surface area contributed by atoms with Gasteiger partial charge in [-0.25, -0.2) is 14.8 Å². The summed E-state index contributed by atoms with van der Waals surface area (Å²) < 4.78 is 11.7. The first-order chi connectivity index (χ1) is 14.1. The van der Waals surface area contributed by atoms with Crippen LogP contribution in [0.1, 0.15) is 49.5 Å². The molecular formula is C21H30N4O3S. The first-order valence-corrected chi connectivity index (χ1v) is 11.4. The van der Waals surface area contributed by atoms with Crippen LogP contribution < -0.4 is 4.74 Å². The Morgan fingerprint density at radius 2 is 2.07 bits per heavy atom. The molecule has 1 fully saturated rings. The van der Waals surface area contributed by atoms with Gasteiger partial charge in [-0.2, -0.15) is 0 Å². The fourth-order valence-corrected chi connectivity index (χ4v) is 5.38. The summed E-state index contributed by atoms with van der Waals surface area (Å²) in [4.78, 5) is 27.6. The van der Waals surface area contributed by atoms with Crippen molar-refractivity contribution in [1.29, 1.82) is 0 Å². The summed E-state index contributed by atoms with van der Waals surface area (Å²) in [7, 11) is 4.30. The largest absolute Gasteiger partial charge is 0.474 e. The van der Waals surface area contributed by atoms with E-state index in [1.807, 2.05) is 6.92 Å². The SMILES string of the molecule is CCCOC(=O)N1CCc2sc3ncnc(O[C@H]4CC[C@H](N(C)C)CC4)c3c2C1. The smallest absolute Gasteiger partial charge is 0.410 e. The molecule has 2 aromatic heterocycles. The summed E-state index contributed by atoms with van der Waals surface area (Å²) in [6, 6.07) is 0.636. The fraction of sp³-hybridized carbons (Fsp3) is 0.667. The zero-order chi connectivity index (χ0) is 20.4. The van der Waals surface area contributed by atoms with E-state index in [2.05, 4.69) is 29.0 Å². The molecule has 0 atom stereocenters. The van der Waals surface area contributed by atoms with Gasteiger partial charge in [0.25, 0.3) is 0 Å². The standard InChI is InChI=1S/C21H30N4O3S/c1-4-11-27-21(26)25-10-9-17-16(12-25)18-19(22-13-23-20(18)29-17)28-15-7-5-14(6-8-15)24(2)3/h13-15H,4-12H2,1-3H3/t14-,15-. The van der Waals surface area contributed by atoms with Crippen LogP contribution in [-0.2, 0) is 17.7 Å². The minimum absolute atomic E-state index is 0.189. The van der Waals surface area contributed by atoms with E-state index >= 15 is 0 Å². The van der Waals surface area contributed by atoms with Gasteiger partial charge in [0.1, 0.15) is 17.3 Å². The van der Waals surface area contributed by atoms with Crippen LogP contribution in [0.15, 0.2) is 6.33 Å². The number of aromatic nitrogens is 2. The van der Waals surface area contributed by atoms with Crippen LogP contribution in [0, 0.1) is 0 Å². The average Bonchev–Trinajstić information content (AvgIpc) is 3.11. The van der Waals surface area contributed by atoms with Crippen LogP contribution in [0.3, 0.4) is 0 Å². The van der Waals surface area contributed by atoms with E-state index in [0.717, 1.165) is 54.3 Å². The molecule has 4 rings (SSSR count). The molecule has 2 aromatic rings. The molecule has 0 bridgehead atoms. The molecule has 0 aromatic carbocycles. The maximum absolute atomic E-state index is 12.4. The van der Waals surface area contributed by atoms with Crippen molar-refractivity contribution in [1.82, 2.24) is 19.8 Å².